The third-order valence-corrected chi connectivity index (χ3v) is 13.8. The Labute approximate surface area is 386 Å². The van der Waals surface area contributed by atoms with E-state index >= 15 is 0 Å². The summed E-state index contributed by atoms with van der Waals surface area (Å²) in [5.74, 6) is 0. The Hall–Kier alpha value is -2.22. The molecule has 318 valence electrons. The minimum absolute atomic E-state index is 0.523. The first-order chi connectivity index (χ1) is 29.2. The SMILES string of the molecule is CCC1(Cc2cc3c(-c4ccc(C)cc4)cccc3[cH-]2)CCCCCCC1.CCC1(Cc2cc3c(-c4ccc(C)cc4)cccc3[cH-]2)CCCCCCC1.C[Si]C.[Cl][Zr+2][Cl]. The molecular weight excluding hydrogens is 863 g/mol. The summed E-state index contributed by atoms with van der Waals surface area (Å²) in [6, 6.07) is 41.4. The van der Waals surface area contributed by atoms with Crippen LogP contribution in [0.5, 0.6) is 0 Å². The molecule has 0 unspecified atom stereocenters. The fourth-order valence-electron chi connectivity index (χ4n) is 10.3. The van der Waals surface area contributed by atoms with E-state index in [2.05, 4.69) is 150 Å². The summed E-state index contributed by atoms with van der Waals surface area (Å²) >= 11 is -0.826. The molecule has 4 heteroatoms. The van der Waals surface area contributed by atoms with E-state index < -0.39 is 20.8 Å². The molecule has 0 aliphatic heterocycles. The summed E-state index contributed by atoms with van der Waals surface area (Å²) in [7, 11) is 11.0. The van der Waals surface area contributed by atoms with E-state index in [1.54, 1.807) is 11.1 Å². The fraction of sp³-hybridized carbons (Fsp3) is 0.464. The van der Waals surface area contributed by atoms with Crippen LogP contribution in [0.4, 0.5) is 0 Å². The number of benzene rings is 4. The topological polar surface area (TPSA) is 0 Å². The molecule has 0 nitrogen and oxygen atoms in total. The van der Waals surface area contributed by atoms with Crippen LogP contribution in [0.3, 0.4) is 0 Å². The Morgan fingerprint density at radius 1 is 0.517 bits per heavy atom. The fourth-order valence-corrected chi connectivity index (χ4v) is 10.3. The molecule has 6 aromatic rings. The second kappa shape index (κ2) is 25.2. The van der Waals surface area contributed by atoms with E-state index in [1.807, 2.05) is 0 Å². The van der Waals surface area contributed by atoms with Gasteiger partial charge < -0.3 is 0 Å². The minimum atomic E-state index is -0.826. The molecule has 0 saturated heterocycles. The van der Waals surface area contributed by atoms with Crippen molar-refractivity contribution < 1.29 is 20.8 Å². The van der Waals surface area contributed by atoms with Crippen LogP contribution in [0.15, 0.2) is 109 Å². The van der Waals surface area contributed by atoms with Crippen LogP contribution in [-0.4, -0.2) is 9.52 Å². The molecular formula is C56H72Cl2SiZr. The Bertz CT molecular complexity index is 1950. The van der Waals surface area contributed by atoms with E-state index in [4.69, 9.17) is 17.0 Å². The third-order valence-electron chi connectivity index (χ3n) is 13.8. The van der Waals surface area contributed by atoms with Gasteiger partial charge in [0.2, 0.25) is 0 Å². The van der Waals surface area contributed by atoms with Crippen molar-refractivity contribution in [2.24, 2.45) is 10.8 Å². The molecule has 8 rings (SSSR count). The van der Waals surface area contributed by atoms with Gasteiger partial charge in [-0.1, -0.05) is 187 Å². The second-order valence-corrected chi connectivity index (χ2v) is 23.0. The first-order valence-electron chi connectivity index (χ1n) is 23.3. The van der Waals surface area contributed by atoms with Crippen molar-refractivity contribution in [2.75, 3.05) is 0 Å². The molecule has 0 aromatic heterocycles. The molecule has 0 bridgehead atoms. The first-order valence-corrected chi connectivity index (χ1v) is 31.6. The van der Waals surface area contributed by atoms with E-state index in [0.29, 0.717) is 10.8 Å². The summed E-state index contributed by atoms with van der Waals surface area (Å²) in [6.45, 7) is 13.5. The zero-order valence-electron chi connectivity index (χ0n) is 37.9. The van der Waals surface area contributed by atoms with Crippen LogP contribution >= 0.6 is 17.0 Å². The summed E-state index contributed by atoms with van der Waals surface area (Å²) in [6.07, 6.45) is 25.1. The number of hydrogen-bond acceptors (Lipinski definition) is 0. The van der Waals surface area contributed by atoms with Crippen molar-refractivity contribution in [1.82, 2.24) is 0 Å². The van der Waals surface area contributed by atoms with Gasteiger partial charge in [0.25, 0.3) is 0 Å². The van der Waals surface area contributed by atoms with Crippen LogP contribution in [-0.2, 0) is 33.7 Å². The molecule has 2 radical (unpaired) electrons. The molecule has 0 atom stereocenters. The van der Waals surface area contributed by atoms with Crippen LogP contribution in [0.2, 0.25) is 13.1 Å². The van der Waals surface area contributed by atoms with Gasteiger partial charge in [-0.3, -0.25) is 0 Å². The third kappa shape index (κ3) is 13.9. The summed E-state index contributed by atoms with van der Waals surface area (Å²) in [5, 5.41) is 5.65. The molecule has 60 heavy (non-hydrogen) atoms. The Kier molecular flexibility index (Phi) is 20.5. The molecule has 2 aliphatic carbocycles. The standard InChI is InChI=1S/2C27H33.C2H6Si.2ClH.Zr/c2*1-3-27(16-7-5-4-6-8-17-27)20-22-18-24-10-9-11-25(26(24)19-22)23-14-12-21(2)13-15-23;1-3-2;;;/h2*9-15,18-19H,3-8,16-17,20H2,1-2H3;1-2H3;2*1H;/q2*-1;;;;+4/p-2. The van der Waals surface area contributed by atoms with Gasteiger partial charge in [-0.2, -0.15) is 12.1 Å². The average molecular weight is 935 g/mol. The molecule has 0 spiro atoms. The maximum atomic E-state index is 4.93. The van der Waals surface area contributed by atoms with Crippen molar-refractivity contribution in [2.45, 2.75) is 156 Å². The zero-order chi connectivity index (χ0) is 42.8. The van der Waals surface area contributed by atoms with E-state index in [0.717, 1.165) is 9.52 Å². The maximum absolute atomic E-state index is 4.93. The predicted octanol–water partition coefficient (Wildman–Crippen LogP) is 18.6. The molecule has 2 aliphatic rings. The van der Waals surface area contributed by atoms with Crippen molar-refractivity contribution in [3.8, 4) is 22.3 Å². The molecule has 0 amide bonds. The molecule has 2 saturated carbocycles. The van der Waals surface area contributed by atoms with Gasteiger partial charge in [0.05, 0.1) is 0 Å². The second-order valence-electron chi connectivity index (χ2n) is 18.2. The summed E-state index contributed by atoms with van der Waals surface area (Å²) in [4.78, 5) is 0. The van der Waals surface area contributed by atoms with Gasteiger partial charge in [0.15, 0.2) is 0 Å². The van der Waals surface area contributed by atoms with Crippen LogP contribution in [0.25, 0.3) is 43.8 Å². The average Bonchev–Trinajstić information content (AvgIpc) is 3.85. The van der Waals surface area contributed by atoms with Gasteiger partial charge in [-0.15, -0.1) is 69.1 Å². The number of fused-ring (bicyclic) bond motifs is 2. The van der Waals surface area contributed by atoms with Crippen LogP contribution in [0, 0.1) is 24.7 Å². The van der Waals surface area contributed by atoms with Gasteiger partial charge >= 0.3 is 37.9 Å². The summed E-state index contributed by atoms with van der Waals surface area (Å²) < 4.78 is 0. The molecule has 6 aromatic carbocycles. The number of hydrogen-bond donors (Lipinski definition) is 0. The monoisotopic (exact) mass is 932 g/mol. The molecule has 0 heterocycles. The first kappa shape index (κ1) is 48.8. The van der Waals surface area contributed by atoms with Crippen molar-refractivity contribution in [3.63, 3.8) is 0 Å². The Morgan fingerprint density at radius 3 is 1.15 bits per heavy atom. The van der Waals surface area contributed by atoms with Gasteiger partial charge in [0.1, 0.15) is 0 Å². The van der Waals surface area contributed by atoms with Crippen molar-refractivity contribution in [3.05, 3.63) is 131 Å². The number of rotatable bonds is 8. The van der Waals surface area contributed by atoms with E-state index in [9.17, 15) is 0 Å². The predicted molar refractivity (Wildman–Crippen MR) is 266 cm³/mol. The normalized spacial score (nSPS) is 16.3. The van der Waals surface area contributed by atoms with Crippen LogP contribution < -0.4 is 0 Å². The van der Waals surface area contributed by atoms with Gasteiger partial charge in [-0.05, 0) is 74.3 Å². The number of halogens is 2. The number of aryl methyl sites for hydroxylation is 2. The Morgan fingerprint density at radius 2 is 0.833 bits per heavy atom. The van der Waals surface area contributed by atoms with Crippen molar-refractivity contribution >= 4 is 48.1 Å². The van der Waals surface area contributed by atoms with Gasteiger partial charge in [0, 0.05) is 9.52 Å². The van der Waals surface area contributed by atoms with Gasteiger partial charge in [-0.25, -0.2) is 0 Å². The zero-order valence-corrected chi connectivity index (χ0v) is 42.8. The quantitative estimate of drug-likeness (QED) is 0.105. The van der Waals surface area contributed by atoms with Crippen LogP contribution in [0.1, 0.15) is 139 Å². The molecule has 0 N–H and O–H groups in total. The summed E-state index contributed by atoms with van der Waals surface area (Å²) in [5.41, 5.74) is 12.2. The van der Waals surface area contributed by atoms with Crippen molar-refractivity contribution in [1.29, 1.82) is 0 Å². The molecule has 2 fully saturated rings. The Balaban J connectivity index is 0.000000201. The van der Waals surface area contributed by atoms with E-state index in [1.165, 1.54) is 171 Å². The van der Waals surface area contributed by atoms with E-state index in [-0.39, 0.29) is 0 Å².